The van der Waals surface area contributed by atoms with E-state index in [0.717, 1.165) is 38.5 Å². The molecule has 3 amide bonds. The molecular formula is C30H38N4O5. The number of aliphatic hydroxyl groups is 1. The second-order valence-electron chi connectivity index (χ2n) is 11.3. The molecule has 3 N–H and O–H groups in total. The van der Waals surface area contributed by atoms with E-state index < -0.39 is 30.0 Å². The molecule has 0 radical (unpaired) electrons. The van der Waals surface area contributed by atoms with Crippen LogP contribution in [0.5, 0.6) is 0 Å². The molecule has 9 heteroatoms. The minimum Gasteiger partial charge on any atom is -0.391 e. The smallest absolute Gasteiger partial charge is 0.290 e. The lowest BCUT2D eigenvalue weighted by Crippen LogP contribution is -2.59. The van der Waals surface area contributed by atoms with Gasteiger partial charge in [0.05, 0.1) is 12.3 Å². The number of carbonyl (C=O) groups excluding carboxylic acids is 3. The van der Waals surface area contributed by atoms with Crippen molar-refractivity contribution in [1.29, 1.82) is 0 Å². The van der Waals surface area contributed by atoms with E-state index in [2.05, 4.69) is 46.1 Å². The van der Waals surface area contributed by atoms with Gasteiger partial charge < -0.3 is 25.2 Å². The Hall–Kier alpha value is -3.46. The van der Waals surface area contributed by atoms with Crippen LogP contribution in [0.25, 0.3) is 6.08 Å². The first kappa shape index (κ1) is 27.1. The first-order chi connectivity index (χ1) is 18.9. The van der Waals surface area contributed by atoms with Crippen molar-refractivity contribution in [3.63, 3.8) is 0 Å². The molecule has 1 aromatic heterocycles. The fourth-order valence-corrected chi connectivity index (χ4v) is 6.39. The fourth-order valence-electron chi connectivity index (χ4n) is 6.39. The van der Waals surface area contributed by atoms with Crippen molar-refractivity contribution in [2.45, 2.75) is 81.9 Å². The van der Waals surface area contributed by atoms with Crippen molar-refractivity contribution in [2.75, 3.05) is 13.1 Å². The van der Waals surface area contributed by atoms with Crippen molar-refractivity contribution in [3.8, 4) is 0 Å². The summed E-state index contributed by atoms with van der Waals surface area (Å²) in [6.07, 6.45) is 12.1. The lowest BCUT2D eigenvalue weighted by Gasteiger charge is -2.41. The fraction of sp³-hybridized carbons (Fsp3) is 0.533. The van der Waals surface area contributed by atoms with Gasteiger partial charge in [0.15, 0.2) is 0 Å². The number of hydrogen-bond acceptors (Lipinski definition) is 6. The average Bonchev–Trinajstić information content (AvgIpc) is 3.61. The summed E-state index contributed by atoms with van der Waals surface area (Å²) in [6.45, 7) is 2.57. The molecule has 1 aromatic carbocycles. The zero-order valence-corrected chi connectivity index (χ0v) is 22.5. The third kappa shape index (κ3) is 5.93. The maximum Gasteiger partial charge on any atom is 0.290 e. The Morgan fingerprint density at radius 2 is 1.85 bits per heavy atom. The van der Waals surface area contributed by atoms with Gasteiger partial charge in [-0.3, -0.25) is 14.4 Å². The number of amides is 3. The SMILES string of the molecule is C[C@@H](O)[C@H](NC(=O)[C@H](CC1CCCCC1)NC(=O)c1ccno1)C(=O)N1CCC2(C=Cc3ccccc32)CC1. The van der Waals surface area contributed by atoms with E-state index in [-0.39, 0.29) is 17.1 Å². The minimum atomic E-state index is -1.10. The number of carbonyl (C=O) groups is 3. The maximum absolute atomic E-state index is 13.6. The van der Waals surface area contributed by atoms with E-state index in [9.17, 15) is 19.5 Å². The Bertz CT molecular complexity index is 1190. The van der Waals surface area contributed by atoms with Gasteiger partial charge in [-0.05, 0) is 43.2 Å². The summed E-state index contributed by atoms with van der Waals surface area (Å²) >= 11 is 0. The van der Waals surface area contributed by atoms with Crippen LogP contribution < -0.4 is 10.6 Å². The van der Waals surface area contributed by atoms with Crippen LogP contribution in [0.4, 0.5) is 0 Å². The Balaban J connectivity index is 1.25. The number of piperidine rings is 1. The average molecular weight is 535 g/mol. The second-order valence-corrected chi connectivity index (χ2v) is 11.3. The highest BCUT2D eigenvalue weighted by molar-refractivity contribution is 5.96. The van der Waals surface area contributed by atoms with Crippen molar-refractivity contribution in [2.24, 2.45) is 5.92 Å². The van der Waals surface area contributed by atoms with Gasteiger partial charge in [-0.15, -0.1) is 0 Å². The maximum atomic E-state index is 13.6. The summed E-state index contributed by atoms with van der Waals surface area (Å²) in [5.41, 5.74) is 2.45. The number of nitrogens with zero attached hydrogens (tertiary/aromatic N) is 2. The monoisotopic (exact) mass is 534 g/mol. The summed E-state index contributed by atoms with van der Waals surface area (Å²) < 4.78 is 4.97. The largest absolute Gasteiger partial charge is 0.391 e. The summed E-state index contributed by atoms with van der Waals surface area (Å²) in [6, 6.07) is 7.83. The standard InChI is InChI=1S/C30H38N4O5/c1-20(35)26(29(38)34-17-14-30(15-18-34)13-11-22-9-5-6-10-23(22)30)33-27(36)24(19-21-7-3-2-4-8-21)32-28(37)25-12-16-31-39-25/h5-6,9-13,16,20-21,24,26,35H,2-4,7-8,14-15,17-19H2,1H3,(H,32,37)(H,33,36)/t20-,24+,26+/m1/s1. The van der Waals surface area contributed by atoms with Crippen LogP contribution in [0.3, 0.4) is 0 Å². The Kier molecular flexibility index (Phi) is 8.16. The van der Waals surface area contributed by atoms with Crippen LogP contribution in [0, 0.1) is 5.92 Å². The van der Waals surface area contributed by atoms with E-state index in [1.165, 1.54) is 36.7 Å². The lowest BCUT2D eigenvalue weighted by atomic mass is 9.74. The third-order valence-corrected chi connectivity index (χ3v) is 8.67. The van der Waals surface area contributed by atoms with Crippen molar-refractivity contribution >= 4 is 23.8 Å². The molecule has 2 heterocycles. The van der Waals surface area contributed by atoms with Gasteiger partial charge in [0.1, 0.15) is 12.1 Å². The molecule has 39 heavy (non-hydrogen) atoms. The molecule has 1 aliphatic heterocycles. The number of benzene rings is 1. The molecule has 9 nitrogen and oxygen atoms in total. The van der Waals surface area contributed by atoms with Crippen LogP contribution in [0.1, 0.15) is 80.0 Å². The van der Waals surface area contributed by atoms with Gasteiger partial charge in [-0.2, -0.15) is 0 Å². The first-order valence-corrected chi connectivity index (χ1v) is 14.1. The summed E-state index contributed by atoms with van der Waals surface area (Å²) in [7, 11) is 0. The van der Waals surface area contributed by atoms with Crippen LogP contribution in [-0.4, -0.2) is 64.2 Å². The van der Waals surface area contributed by atoms with Gasteiger partial charge in [0, 0.05) is 24.6 Å². The van der Waals surface area contributed by atoms with Crippen LogP contribution in [0.2, 0.25) is 0 Å². The van der Waals surface area contributed by atoms with E-state index >= 15 is 0 Å². The number of rotatable bonds is 8. The zero-order valence-electron chi connectivity index (χ0n) is 22.5. The van der Waals surface area contributed by atoms with E-state index in [0.29, 0.717) is 25.4 Å². The van der Waals surface area contributed by atoms with E-state index in [4.69, 9.17) is 4.52 Å². The molecule has 0 unspecified atom stereocenters. The Morgan fingerprint density at radius 1 is 1.10 bits per heavy atom. The van der Waals surface area contributed by atoms with Crippen LogP contribution in [0.15, 0.2) is 47.1 Å². The van der Waals surface area contributed by atoms with Gasteiger partial charge >= 0.3 is 0 Å². The molecule has 3 atom stereocenters. The van der Waals surface area contributed by atoms with Crippen molar-refractivity contribution < 1.29 is 24.0 Å². The molecule has 1 spiro atoms. The quantitative estimate of drug-likeness (QED) is 0.478. The summed E-state index contributed by atoms with van der Waals surface area (Å²) in [5.74, 6) is -1.000. The molecule has 0 bridgehead atoms. The lowest BCUT2D eigenvalue weighted by molar-refractivity contribution is -0.141. The molecule has 1 saturated heterocycles. The molecular weight excluding hydrogens is 496 g/mol. The topological polar surface area (TPSA) is 125 Å². The molecule has 208 valence electrons. The summed E-state index contributed by atoms with van der Waals surface area (Å²) in [5, 5.41) is 19.7. The van der Waals surface area contributed by atoms with Gasteiger partial charge in [-0.1, -0.05) is 73.7 Å². The van der Waals surface area contributed by atoms with Gasteiger partial charge in [-0.25, -0.2) is 0 Å². The second kappa shape index (κ2) is 11.7. The number of hydrogen-bond donors (Lipinski definition) is 3. The predicted molar refractivity (Wildman–Crippen MR) is 146 cm³/mol. The normalized spacial score (nSPS) is 20.7. The van der Waals surface area contributed by atoms with Gasteiger partial charge in [0.25, 0.3) is 5.91 Å². The Labute approximate surface area is 229 Å². The van der Waals surface area contributed by atoms with Crippen molar-refractivity contribution in [3.05, 3.63) is 59.5 Å². The number of fused-ring (bicyclic) bond motifs is 2. The highest BCUT2D eigenvalue weighted by Gasteiger charge is 2.41. The number of likely N-dealkylation sites (tertiary alicyclic amines) is 1. The molecule has 2 fully saturated rings. The third-order valence-electron chi connectivity index (χ3n) is 8.67. The summed E-state index contributed by atoms with van der Waals surface area (Å²) in [4.78, 5) is 41.5. The van der Waals surface area contributed by atoms with Crippen molar-refractivity contribution in [1.82, 2.24) is 20.7 Å². The molecule has 5 rings (SSSR count). The van der Waals surface area contributed by atoms with E-state index in [1.54, 1.807) is 4.90 Å². The zero-order chi connectivity index (χ0) is 27.4. The van der Waals surface area contributed by atoms with Crippen LogP contribution in [-0.2, 0) is 15.0 Å². The molecule has 3 aliphatic rings. The molecule has 2 aromatic rings. The molecule has 2 aliphatic carbocycles. The van der Waals surface area contributed by atoms with Gasteiger partial charge in [0.2, 0.25) is 17.6 Å². The molecule has 1 saturated carbocycles. The highest BCUT2D eigenvalue weighted by Crippen LogP contribution is 2.43. The van der Waals surface area contributed by atoms with Crippen LogP contribution >= 0.6 is 0 Å². The minimum absolute atomic E-state index is 0.0179. The van der Waals surface area contributed by atoms with E-state index in [1.807, 2.05) is 6.07 Å². The number of aliphatic hydroxyl groups excluding tert-OH is 1. The number of allylic oxidation sites excluding steroid dienone is 1. The highest BCUT2D eigenvalue weighted by atomic mass is 16.5. The number of nitrogens with one attached hydrogen (secondary N) is 2. The Morgan fingerprint density at radius 3 is 2.54 bits per heavy atom. The first-order valence-electron chi connectivity index (χ1n) is 14.1. The predicted octanol–water partition coefficient (Wildman–Crippen LogP) is 3.20. The number of aromatic nitrogens is 1.